The normalized spacial score (nSPS) is 16.3. The van der Waals surface area contributed by atoms with E-state index in [0.29, 0.717) is 47.2 Å². The molecule has 9 heteroatoms. The molecule has 1 fully saturated rings. The van der Waals surface area contributed by atoms with Gasteiger partial charge in [-0.15, -0.1) is 0 Å². The highest BCUT2D eigenvalue weighted by Crippen LogP contribution is 2.33. The van der Waals surface area contributed by atoms with Gasteiger partial charge in [-0.1, -0.05) is 31.2 Å². The number of para-hydroxylation sites is 1. The van der Waals surface area contributed by atoms with Gasteiger partial charge in [-0.25, -0.2) is 0 Å². The number of hydrogen-bond acceptors (Lipinski definition) is 7. The topological polar surface area (TPSA) is 110 Å². The molecule has 0 spiro atoms. The monoisotopic (exact) mass is 635 g/mol. The van der Waals surface area contributed by atoms with Crippen molar-refractivity contribution in [1.29, 1.82) is 0 Å². The first-order valence-electron chi connectivity index (χ1n) is 16.4. The quantitative estimate of drug-likeness (QED) is 0.170. The number of amides is 2. The molecule has 2 aliphatic heterocycles. The van der Waals surface area contributed by atoms with E-state index >= 15 is 0 Å². The molecule has 6 rings (SSSR count). The van der Waals surface area contributed by atoms with Gasteiger partial charge in [-0.3, -0.25) is 14.4 Å². The van der Waals surface area contributed by atoms with E-state index in [2.05, 4.69) is 46.7 Å². The van der Waals surface area contributed by atoms with Gasteiger partial charge in [0.25, 0.3) is 11.8 Å². The summed E-state index contributed by atoms with van der Waals surface area (Å²) in [5, 5.41) is 5.94. The van der Waals surface area contributed by atoms with Gasteiger partial charge in [0.2, 0.25) is 6.79 Å². The van der Waals surface area contributed by atoms with Crippen molar-refractivity contribution in [3.63, 3.8) is 0 Å². The smallest absolute Gasteiger partial charge is 0.291 e. The molecule has 4 aromatic rings. The van der Waals surface area contributed by atoms with E-state index < -0.39 is 0 Å². The molecule has 1 saturated heterocycles. The molecule has 0 saturated carbocycles. The van der Waals surface area contributed by atoms with Crippen LogP contribution in [0.25, 0.3) is 0 Å². The fourth-order valence-electron chi connectivity index (χ4n) is 6.41. The fourth-order valence-corrected chi connectivity index (χ4v) is 6.41. The summed E-state index contributed by atoms with van der Waals surface area (Å²) >= 11 is 0. The van der Waals surface area contributed by atoms with Crippen LogP contribution in [0, 0.1) is 18.8 Å². The standard InChI is InChI=1S/C38H41N3O6/c1-25-7-3-4-9-32(25)41-18-5-8-27(16-19-41)21-28-11-12-30(22-31(28)40-38(44)34-10-6-20-45-34)37(43)39-17-15-26(2)36(42)29-13-14-33-35(23-29)47-24-46-33/h3-4,6-7,9-14,20,22-23,26-27H,5,8,15-19,21,24H2,1-2H3,(H,39,43)(H,40,44). The van der Waals surface area contributed by atoms with Crippen LogP contribution in [0.4, 0.5) is 11.4 Å². The van der Waals surface area contributed by atoms with Gasteiger partial charge in [0.1, 0.15) is 0 Å². The van der Waals surface area contributed by atoms with Crippen LogP contribution in [0.1, 0.15) is 75.0 Å². The minimum Gasteiger partial charge on any atom is -0.459 e. The predicted octanol–water partition coefficient (Wildman–Crippen LogP) is 7.06. The lowest BCUT2D eigenvalue weighted by molar-refractivity contribution is 0.0903. The summed E-state index contributed by atoms with van der Waals surface area (Å²) < 4.78 is 16.1. The highest BCUT2D eigenvalue weighted by Gasteiger charge is 2.23. The Hall–Kier alpha value is -5.05. The van der Waals surface area contributed by atoms with Crippen molar-refractivity contribution < 1.29 is 28.3 Å². The SMILES string of the molecule is Cc1ccccc1N1CCCC(Cc2ccc(C(=O)NCCC(C)C(=O)c3ccc4c(c3)OCO4)cc2NC(=O)c2ccco2)CC1. The van der Waals surface area contributed by atoms with Gasteiger partial charge in [0.15, 0.2) is 23.0 Å². The molecule has 244 valence electrons. The van der Waals surface area contributed by atoms with Gasteiger partial charge in [-0.2, -0.15) is 0 Å². The second kappa shape index (κ2) is 14.6. The van der Waals surface area contributed by atoms with E-state index in [4.69, 9.17) is 13.9 Å². The molecule has 3 aromatic carbocycles. The number of ketones is 1. The molecule has 3 heterocycles. The number of carbonyl (C=O) groups is 3. The van der Waals surface area contributed by atoms with Crippen molar-refractivity contribution in [2.24, 2.45) is 11.8 Å². The first kappa shape index (κ1) is 31.9. The number of nitrogens with zero attached hydrogens (tertiary/aromatic N) is 1. The van der Waals surface area contributed by atoms with Crippen molar-refractivity contribution >= 4 is 29.0 Å². The highest BCUT2D eigenvalue weighted by molar-refractivity contribution is 6.04. The van der Waals surface area contributed by atoms with Crippen LogP contribution in [0.15, 0.2) is 83.5 Å². The lowest BCUT2D eigenvalue weighted by atomic mass is 9.91. The molecule has 1 aromatic heterocycles. The third-order valence-electron chi connectivity index (χ3n) is 9.15. The van der Waals surface area contributed by atoms with Gasteiger partial charge < -0.3 is 29.4 Å². The average molecular weight is 636 g/mol. The second-order valence-corrected chi connectivity index (χ2v) is 12.5. The Balaban J connectivity index is 1.10. The second-order valence-electron chi connectivity index (χ2n) is 12.5. The molecule has 0 radical (unpaired) electrons. The minimum atomic E-state index is -0.365. The average Bonchev–Trinajstić information content (AvgIpc) is 3.74. The van der Waals surface area contributed by atoms with Crippen LogP contribution < -0.4 is 25.0 Å². The van der Waals surface area contributed by atoms with E-state index in [1.807, 2.05) is 19.1 Å². The van der Waals surface area contributed by atoms with E-state index in [0.717, 1.165) is 44.3 Å². The predicted molar refractivity (Wildman–Crippen MR) is 181 cm³/mol. The Morgan fingerprint density at radius 1 is 0.894 bits per heavy atom. The van der Waals surface area contributed by atoms with Crippen molar-refractivity contribution in [1.82, 2.24) is 5.32 Å². The fraction of sp³-hybridized carbons (Fsp3) is 0.342. The van der Waals surface area contributed by atoms with Crippen molar-refractivity contribution in [3.05, 3.63) is 107 Å². The van der Waals surface area contributed by atoms with E-state index in [1.165, 1.54) is 17.5 Å². The van der Waals surface area contributed by atoms with Crippen LogP contribution in [-0.2, 0) is 6.42 Å². The first-order valence-corrected chi connectivity index (χ1v) is 16.4. The largest absolute Gasteiger partial charge is 0.459 e. The zero-order chi connectivity index (χ0) is 32.8. The van der Waals surface area contributed by atoms with Crippen LogP contribution in [0.5, 0.6) is 11.5 Å². The number of fused-ring (bicyclic) bond motifs is 1. The Bertz CT molecular complexity index is 1730. The van der Waals surface area contributed by atoms with Gasteiger partial charge in [-0.05, 0) is 105 Å². The molecule has 9 nitrogen and oxygen atoms in total. The van der Waals surface area contributed by atoms with E-state index in [9.17, 15) is 14.4 Å². The third-order valence-corrected chi connectivity index (χ3v) is 9.15. The summed E-state index contributed by atoms with van der Waals surface area (Å²) in [6.45, 7) is 6.47. The summed E-state index contributed by atoms with van der Waals surface area (Å²) in [6.07, 6.45) is 5.93. The van der Waals surface area contributed by atoms with Crippen LogP contribution in [-0.4, -0.2) is 44.0 Å². The lowest BCUT2D eigenvalue weighted by Gasteiger charge is -2.25. The van der Waals surface area contributed by atoms with Gasteiger partial charge >= 0.3 is 0 Å². The third kappa shape index (κ3) is 7.68. The van der Waals surface area contributed by atoms with E-state index in [1.54, 1.807) is 36.4 Å². The minimum absolute atomic E-state index is 0.0228. The summed E-state index contributed by atoms with van der Waals surface area (Å²) in [5.74, 6) is 0.881. The number of Topliss-reactive ketones (excluding diaryl/α,β-unsaturated/α-hetero) is 1. The maximum absolute atomic E-state index is 13.2. The number of carbonyl (C=O) groups excluding carboxylic acids is 3. The molecule has 2 N–H and O–H groups in total. The number of aryl methyl sites for hydroxylation is 1. The zero-order valence-corrected chi connectivity index (χ0v) is 26.9. The maximum Gasteiger partial charge on any atom is 0.291 e. The zero-order valence-electron chi connectivity index (χ0n) is 26.9. The number of nitrogens with one attached hydrogen (secondary N) is 2. The highest BCUT2D eigenvalue weighted by atomic mass is 16.7. The van der Waals surface area contributed by atoms with Crippen LogP contribution in [0.3, 0.4) is 0 Å². The number of furan rings is 1. The van der Waals surface area contributed by atoms with Crippen molar-refractivity contribution in [2.75, 3.05) is 36.6 Å². The number of ether oxygens (including phenoxy) is 2. The van der Waals surface area contributed by atoms with Gasteiger partial charge in [0, 0.05) is 48.1 Å². The molecular weight excluding hydrogens is 594 g/mol. The molecule has 2 aliphatic rings. The summed E-state index contributed by atoms with van der Waals surface area (Å²) in [6, 6.07) is 22.5. The lowest BCUT2D eigenvalue weighted by Crippen LogP contribution is -2.27. The van der Waals surface area contributed by atoms with Crippen LogP contribution in [0.2, 0.25) is 0 Å². The van der Waals surface area contributed by atoms with Crippen LogP contribution >= 0.6 is 0 Å². The Morgan fingerprint density at radius 2 is 1.72 bits per heavy atom. The number of hydrogen-bond donors (Lipinski definition) is 2. The first-order chi connectivity index (χ1) is 22.9. The van der Waals surface area contributed by atoms with Crippen molar-refractivity contribution in [2.45, 2.75) is 46.0 Å². The summed E-state index contributed by atoms with van der Waals surface area (Å²) in [4.78, 5) is 41.7. The molecular formula is C38H41N3O6. The summed E-state index contributed by atoms with van der Waals surface area (Å²) in [5.41, 5.74) is 5.15. The van der Waals surface area contributed by atoms with Crippen molar-refractivity contribution in [3.8, 4) is 11.5 Å². The summed E-state index contributed by atoms with van der Waals surface area (Å²) in [7, 11) is 0. The number of anilines is 2. The molecule has 47 heavy (non-hydrogen) atoms. The number of benzene rings is 3. The maximum atomic E-state index is 13.2. The Labute approximate surface area is 275 Å². The Morgan fingerprint density at radius 3 is 2.55 bits per heavy atom. The molecule has 2 unspecified atom stereocenters. The van der Waals surface area contributed by atoms with Gasteiger partial charge in [0.05, 0.1) is 6.26 Å². The molecule has 0 bridgehead atoms. The molecule has 2 atom stereocenters. The molecule has 0 aliphatic carbocycles. The molecule has 2 amide bonds. The Kier molecular flexibility index (Phi) is 9.90. The van der Waals surface area contributed by atoms with E-state index in [-0.39, 0.29) is 36.1 Å². The number of rotatable bonds is 11.